The second-order valence-electron chi connectivity index (χ2n) is 23.6. The largest absolute Gasteiger partial charge is 0.481 e. The average Bonchev–Trinajstić information content (AvgIpc) is 4.03. The molecule has 3 rings (SSSR count). The molecule has 88 heavy (non-hydrogen) atoms. The second-order valence-corrected chi connectivity index (χ2v) is 23.6. The Morgan fingerprint density at radius 3 is 1.50 bits per heavy atom. The molecule has 0 aromatic heterocycles. The first-order chi connectivity index (χ1) is 41.7. The van der Waals surface area contributed by atoms with Gasteiger partial charge in [-0.25, -0.2) is 4.79 Å². The maximum atomic E-state index is 14.4. The van der Waals surface area contributed by atoms with Crippen molar-refractivity contribution in [2.45, 2.75) is 198 Å². The highest BCUT2D eigenvalue weighted by atomic mass is 16.4. The predicted molar refractivity (Wildman–Crippen MR) is 322 cm³/mol. The lowest BCUT2D eigenvalue weighted by atomic mass is 10.00. The van der Waals surface area contributed by atoms with Gasteiger partial charge in [-0.3, -0.25) is 47.9 Å². The first-order valence-electron chi connectivity index (χ1n) is 30.2. The summed E-state index contributed by atoms with van der Waals surface area (Å²) in [6.45, 7) is 8.57. The minimum absolute atomic E-state index is 0.00663. The summed E-state index contributed by atoms with van der Waals surface area (Å²) in [7, 11) is 0. The van der Waals surface area contributed by atoms with E-state index in [4.69, 9.17) is 5.73 Å². The van der Waals surface area contributed by atoms with E-state index < -0.39 is 170 Å². The zero-order chi connectivity index (χ0) is 65.6. The highest BCUT2D eigenvalue weighted by Gasteiger charge is 2.44. The smallest absolute Gasteiger partial charge is 0.326 e. The molecular formula is C61H94N10O17. The molecule has 9 amide bonds. The van der Waals surface area contributed by atoms with Gasteiger partial charge in [0.1, 0.15) is 54.4 Å². The van der Waals surface area contributed by atoms with Crippen LogP contribution in [-0.2, 0) is 65.6 Å². The molecule has 1 aliphatic heterocycles. The molecule has 27 nitrogen and oxygen atoms in total. The summed E-state index contributed by atoms with van der Waals surface area (Å²) >= 11 is 0. The molecule has 1 saturated heterocycles. The maximum Gasteiger partial charge on any atom is 0.326 e. The number of hydrogen-bond donors (Lipinski definition) is 15. The first-order valence-corrected chi connectivity index (χ1v) is 30.2. The second kappa shape index (κ2) is 38.6. The fourth-order valence-electron chi connectivity index (χ4n) is 9.90. The Bertz CT molecular complexity index is 2600. The molecule has 0 radical (unpaired) electrons. The van der Waals surface area contributed by atoms with Crippen molar-refractivity contribution in [3.8, 4) is 0 Å². The van der Waals surface area contributed by atoms with Gasteiger partial charge in [0.05, 0.1) is 38.3 Å². The van der Waals surface area contributed by atoms with Crippen LogP contribution in [0.15, 0.2) is 60.7 Å². The van der Waals surface area contributed by atoms with Crippen LogP contribution in [0.1, 0.15) is 130 Å². The lowest BCUT2D eigenvalue weighted by Crippen LogP contribution is -2.62. The number of carbonyl (C=O) groups excluding carboxylic acids is 9. The standard InChI is InChI=1S/C61H94N10O17/c1-35(2)18-10-7-15-23-40(74)30-50(76)63-46(31-51(77)78)56(82)67-45(28-39-21-13-9-14-22-39)55(81)68-48(34-73)58(84)70-52(37(5)6)60(86)71-32-41(75)29-49(71)59(85)69-47(33-72)57(83)65-43(26-36(3)4)53(79)66-44(27-38-19-11-8-12-20-38)54(80)64-42(61(87)88)24-16-17-25-62/h8-9,11-14,19-22,35-37,40-49,52,72-75H,7,10,15-18,23-34,62H2,1-6H3,(H,63,76)(H,64,80)(H,65,83)(H,66,79)(H,67,82)(H,68,81)(H,69,85)(H,70,84)(H,77,78)(H,87,88)/t40-,41-,42+,43-,44+,45+,46-,47+,48+,49+,52-/m1/s1. The van der Waals surface area contributed by atoms with Crippen molar-refractivity contribution in [2.24, 2.45) is 23.5 Å². The van der Waals surface area contributed by atoms with E-state index in [2.05, 4.69) is 56.4 Å². The molecule has 0 saturated carbocycles. The third-order valence-corrected chi connectivity index (χ3v) is 14.7. The average molecular weight is 1240 g/mol. The van der Waals surface area contributed by atoms with Crippen LogP contribution in [0.3, 0.4) is 0 Å². The summed E-state index contributed by atoms with van der Waals surface area (Å²) in [6, 6.07) is 3.02. The van der Waals surface area contributed by atoms with Gasteiger partial charge in [0.15, 0.2) is 0 Å². The molecular weight excluding hydrogens is 1140 g/mol. The maximum absolute atomic E-state index is 14.4. The third kappa shape index (κ3) is 26.4. The SMILES string of the molecule is CC(C)CCCCC[C@@H](O)CC(=O)N[C@H](CC(=O)O)C(=O)N[C@@H](Cc1ccccc1)C(=O)N[C@@H](CO)C(=O)N[C@@H](C(=O)N1C[C@H](O)C[C@H]1C(=O)N[C@@H](CO)C(=O)N[C@H](CC(C)C)C(=O)N[C@@H](Cc1ccccc1)C(=O)N[C@@H](CCCCN)C(=O)O)C(C)C. The number of nitrogens with zero attached hydrogens (tertiary/aromatic N) is 1. The number of amides is 9. The lowest BCUT2D eigenvalue weighted by Gasteiger charge is -2.32. The predicted octanol–water partition coefficient (Wildman–Crippen LogP) is -0.956. The van der Waals surface area contributed by atoms with Crippen LogP contribution in [0.4, 0.5) is 0 Å². The van der Waals surface area contributed by atoms with E-state index in [1.54, 1.807) is 74.5 Å². The molecule has 0 bridgehead atoms. The molecule has 1 fully saturated rings. The number of nitrogens with two attached hydrogens (primary N) is 1. The Labute approximate surface area is 513 Å². The summed E-state index contributed by atoms with van der Waals surface area (Å²) in [5.41, 5.74) is 6.69. The van der Waals surface area contributed by atoms with Crippen molar-refractivity contribution in [2.75, 3.05) is 26.3 Å². The van der Waals surface area contributed by atoms with Crippen molar-refractivity contribution in [3.63, 3.8) is 0 Å². The van der Waals surface area contributed by atoms with Crippen molar-refractivity contribution >= 4 is 65.1 Å². The van der Waals surface area contributed by atoms with E-state index >= 15 is 0 Å². The summed E-state index contributed by atoms with van der Waals surface area (Å²) in [4.78, 5) is 150. The number of carboxylic acids is 2. The fourth-order valence-corrected chi connectivity index (χ4v) is 9.90. The van der Waals surface area contributed by atoms with Crippen LogP contribution in [0.5, 0.6) is 0 Å². The molecule has 0 unspecified atom stereocenters. The summed E-state index contributed by atoms with van der Waals surface area (Å²) < 4.78 is 0. The Balaban J connectivity index is 1.78. The quantitative estimate of drug-likeness (QED) is 0.0358. The number of likely N-dealkylation sites (tertiary alicyclic amines) is 1. The van der Waals surface area contributed by atoms with Gasteiger partial charge in [-0.05, 0) is 67.5 Å². The number of rotatable bonds is 40. The van der Waals surface area contributed by atoms with E-state index in [1.807, 2.05) is 0 Å². The number of hydrogen-bond acceptors (Lipinski definition) is 16. The van der Waals surface area contributed by atoms with E-state index in [0.29, 0.717) is 49.3 Å². The highest BCUT2D eigenvalue weighted by Crippen LogP contribution is 2.22. The topological polar surface area (TPSA) is 435 Å². The van der Waals surface area contributed by atoms with Crippen molar-refractivity contribution in [3.05, 3.63) is 71.8 Å². The van der Waals surface area contributed by atoms with Gasteiger partial charge >= 0.3 is 11.9 Å². The normalized spacial score (nSPS) is 17.0. The van der Waals surface area contributed by atoms with Gasteiger partial charge in [-0.2, -0.15) is 0 Å². The van der Waals surface area contributed by atoms with Crippen LogP contribution in [0, 0.1) is 17.8 Å². The number of nitrogens with one attached hydrogen (secondary N) is 8. The molecule has 1 heterocycles. The number of carboxylic acid groups (broad SMARTS) is 2. The van der Waals surface area contributed by atoms with E-state index in [9.17, 15) is 83.4 Å². The van der Waals surface area contributed by atoms with Crippen LogP contribution >= 0.6 is 0 Å². The molecule has 1 aliphatic rings. The monoisotopic (exact) mass is 1240 g/mol. The van der Waals surface area contributed by atoms with Crippen LogP contribution < -0.4 is 48.3 Å². The fraction of sp³-hybridized carbons (Fsp3) is 0.623. The van der Waals surface area contributed by atoms with E-state index in [1.165, 1.54) is 13.8 Å². The van der Waals surface area contributed by atoms with Crippen molar-refractivity contribution in [1.82, 2.24) is 47.4 Å². The Morgan fingerprint density at radius 1 is 0.534 bits per heavy atom. The number of aliphatic carboxylic acids is 2. The van der Waals surface area contributed by atoms with E-state index in [-0.39, 0.29) is 38.0 Å². The molecule has 2 aromatic rings. The number of carbonyl (C=O) groups is 11. The van der Waals surface area contributed by atoms with Crippen LogP contribution in [0.2, 0.25) is 0 Å². The summed E-state index contributed by atoms with van der Waals surface area (Å²) in [5.74, 6) is -11.9. The zero-order valence-electron chi connectivity index (χ0n) is 51.3. The molecule has 490 valence electrons. The minimum Gasteiger partial charge on any atom is -0.481 e. The Kier molecular flexibility index (Phi) is 32.8. The van der Waals surface area contributed by atoms with Gasteiger partial charge in [-0.15, -0.1) is 0 Å². The first kappa shape index (κ1) is 74.7. The van der Waals surface area contributed by atoms with Gasteiger partial charge in [0.25, 0.3) is 0 Å². The number of benzene rings is 2. The Hall–Kier alpha value is -7.59. The molecule has 0 aliphatic carbocycles. The number of unbranched alkanes of at least 4 members (excludes halogenated alkanes) is 3. The van der Waals surface area contributed by atoms with Crippen molar-refractivity contribution in [1.29, 1.82) is 0 Å². The molecule has 2 aromatic carbocycles. The molecule has 16 N–H and O–H groups in total. The van der Waals surface area contributed by atoms with Gasteiger partial charge in [0, 0.05) is 25.8 Å². The summed E-state index contributed by atoms with van der Waals surface area (Å²) in [6.07, 6.45) is 0.350. The number of β-amino-alcohol motifs (C(OH)–C–C–N with tert-alkyl or cyclic N) is 1. The van der Waals surface area contributed by atoms with Crippen molar-refractivity contribution < 1.29 is 83.4 Å². The zero-order valence-corrected chi connectivity index (χ0v) is 51.3. The number of aliphatic hydroxyl groups excluding tert-OH is 4. The summed E-state index contributed by atoms with van der Waals surface area (Å²) in [5, 5.41) is 81.6. The van der Waals surface area contributed by atoms with Gasteiger partial charge in [0.2, 0.25) is 53.2 Å². The molecule has 0 spiro atoms. The number of aliphatic hydroxyl groups is 4. The highest BCUT2D eigenvalue weighted by molar-refractivity contribution is 5.99. The van der Waals surface area contributed by atoms with Crippen LogP contribution in [-0.4, -0.2) is 194 Å². The third-order valence-electron chi connectivity index (χ3n) is 14.7. The van der Waals surface area contributed by atoms with Crippen LogP contribution in [0.25, 0.3) is 0 Å². The minimum atomic E-state index is -1.79. The lowest BCUT2D eigenvalue weighted by molar-refractivity contribution is -0.144. The van der Waals surface area contributed by atoms with E-state index in [0.717, 1.165) is 24.2 Å². The molecule has 27 heteroatoms. The molecule has 11 atom stereocenters. The Morgan fingerprint density at radius 2 is 1.00 bits per heavy atom. The van der Waals surface area contributed by atoms with Gasteiger partial charge in [-0.1, -0.05) is 128 Å². The van der Waals surface area contributed by atoms with Gasteiger partial charge < -0.3 is 83.8 Å².